The third-order valence-corrected chi connectivity index (χ3v) is 3.92. The van der Waals surface area contributed by atoms with Crippen LogP contribution in [0.25, 0.3) is 0 Å². The number of ether oxygens (including phenoxy) is 3. The molecule has 1 atom stereocenters. The molecule has 0 radical (unpaired) electrons. The van der Waals surface area contributed by atoms with E-state index in [9.17, 15) is 4.79 Å². The molecule has 1 aliphatic heterocycles. The number of hydrogen-bond acceptors (Lipinski definition) is 4. The quantitative estimate of drug-likeness (QED) is 0.871. The van der Waals surface area contributed by atoms with Crippen LogP contribution < -0.4 is 9.47 Å². The summed E-state index contributed by atoms with van der Waals surface area (Å²) in [6, 6.07) is 15.2. The molecule has 0 spiro atoms. The SMILES string of the molecule is COc1cccc(OC)c1C(=O)N1COC(c2ccccc2)C1. The lowest BCUT2D eigenvalue weighted by atomic mass is 10.1. The third-order valence-electron chi connectivity index (χ3n) is 3.92. The van der Waals surface area contributed by atoms with Gasteiger partial charge in [0.25, 0.3) is 5.91 Å². The number of hydrogen-bond donors (Lipinski definition) is 0. The molecule has 5 heteroatoms. The zero-order chi connectivity index (χ0) is 16.2. The van der Waals surface area contributed by atoms with E-state index in [2.05, 4.69) is 0 Å². The van der Waals surface area contributed by atoms with Crippen LogP contribution in [-0.4, -0.2) is 38.3 Å². The molecule has 120 valence electrons. The second-order valence-electron chi connectivity index (χ2n) is 5.26. The topological polar surface area (TPSA) is 48.0 Å². The Labute approximate surface area is 135 Å². The minimum Gasteiger partial charge on any atom is -0.496 e. The van der Waals surface area contributed by atoms with E-state index < -0.39 is 0 Å². The van der Waals surface area contributed by atoms with Gasteiger partial charge in [-0.1, -0.05) is 36.4 Å². The fraction of sp³-hybridized carbons (Fsp3) is 0.278. The van der Waals surface area contributed by atoms with Gasteiger partial charge in [0.05, 0.1) is 20.8 Å². The number of benzene rings is 2. The van der Waals surface area contributed by atoms with E-state index in [1.54, 1.807) is 37.3 Å². The maximum atomic E-state index is 12.9. The smallest absolute Gasteiger partial charge is 0.263 e. The van der Waals surface area contributed by atoms with Crippen molar-refractivity contribution in [3.8, 4) is 11.5 Å². The van der Waals surface area contributed by atoms with Crippen LogP contribution in [0.2, 0.25) is 0 Å². The number of methoxy groups -OCH3 is 2. The van der Waals surface area contributed by atoms with Crippen LogP contribution >= 0.6 is 0 Å². The highest BCUT2D eigenvalue weighted by atomic mass is 16.5. The standard InChI is InChI=1S/C18H19NO4/c1-21-14-9-6-10-15(22-2)17(14)18(20)19-11-16(23-12-19)13-7-4-3-5-8-13/h3-10,16H,11-12H2,1-2H3. The monoisotopic (exact) mass is 313 g/mol. The Bertz CT molecular complexity index is 664. The van der Waals surface area contributed by atoms with Gasteiger partial charge in [0.1, 0.15) is 29.9 Å². The number of nitrogens with zero attached hydrogens (tertiary/aromatic N) is 1. The van der Waals surface area contributed by atoms with Crippen LogP contribution in [0.1, 0.15) is 22.0 Å². The van der Waals surface area contributed by atoms with Crippen molar-refractivity contribution in [1.82, 2.24) is 4.90 Å². The fourth-order valence-corrected chi connectivity index (χ4v) is 2.72. The number of carbonyl (C=O) groups excluding carboxylic acids is 1. The van der Waals surface area contributed by atoms with Crippen LogP contribution in [0.4, 0.5) is 0 Å². The summed E-state index contributed by atoms with van der Waals surface area (Å²) in [4.78, 5) is 14.5. The molecule has 1 fully saturated rings. The molecule has 1 heterocycles. The van der Waals surface area contributed by atoms with Crippen LogP contribution in [-0.2, 0) is 4.74 Å². The van der Waals surface area contributed by atoms with E-state index in [1.165, 1.54) is 0 Å². The highest BCUT2D eigenvalue weighted by molar-refractivity contribution is 5.99. The second-order valence-corrected chi connectivity index (χ2v) is 5.26. The first-order chi connectivity index (χ1) is 11.2. The van der Waals surface area contributed by atoms with Gasteiger partial charge in [-0.05, 0) is 17.7 Å². The highest BCUT2D eigenvalue weighted by Crippen LogP contribution is 2.32. The van der Waals surface area contributed by atoms with Gasteiger partial charge >= 0.3 is 0 Å². The van der Waals surface area contributed by atoms with Crippen LogP contribution in [0, 0.1) is 0 Å². The molecule has 2 aromatic rings. The van der Waals surface area contributed by atoms with Gasteiger partial charge < -0.3 is 19.1 Å². The molecule has 1 saturated heterocycles. The summed E-state index contributed by atoms with van der Waals surface area (Å²) in [6.07, 6.45) is -0.110. The summed E-state index contributed by atoms with van der Waals surface area (Å²) >= 11 is 0. The van der Waals surface area contributed by atoms with Gasteiger partial charge in [-0.25, -0.2) is 0 Å². The minimum atomic E-state index is -0.155. The molecule has 0 N–H and O–H groups in total. The lowest BCUT2D eigenvalue weighted by Crippen LogP contribution is -2.29. The Hall–Kier alpha value is -2.53. The molecule has 5 nitrogen and oxygen atoms in total. The Morgan fingerprint density at radius 2 is 1.70 bits per heavy atom. The molecule has 3 rings (SSSR count). The zero-order valence-electron chi connectivity index (χ0n) is 13.2. The summed E-state index contributed by atoms with van der Waals surface area (Å²) in [7, 11) is 3.08. The number of carbonyl (C=O) groups is 1. The lowest BCUT2D eigenvalue weighted by molar-refractivity contribution is 0.0625. The first-order valence-corrected chi connectivity index (χ1v) is 7.41. The van der Waals surface area contributed by atoms with Crippen molar-refractivity contribution in [3.05, 3.63) is 59.7 Å². The molecular weight excluding hydrogens is 294 g/mol. The normalized spacial score (nSPS) is 17.1. The summed E-state index contributed by atoms with van der Waals surface area (Å²) < 4.78 is 16.4. The van der Waals surface area contributed by atoms with Crippen LogP contribution in [0.3, 0.4) is 0 Å². The van der Waals surface area contributed by atoms with E-state index >= 15 is 0 Å². The molecule has 1 unspecified atom stereocenters. The average Bonchev–Trinajstić information content (AvgIpc) is 3.11. The summed E-state index contributed by atoms with van der Waals surface area (Å²) in [6.45, 7) is 0.754. The highest BCUT2D eigenvalue weighted by Gasteiger charge is 2.31. The Morgan fingerprint density at radius 3 is 2.30 bits per heavy atom. The van der Waals surface area contributed by atoms with Crippen LogP contribution in [0.15, 0.2) is 48.5 Å². The van der Waals surface area contributed by atoms with E-state index in [0.29, 0.717) is 23.6 Å². The predicted molar refractivity (Wildman–Crippen MR) is 85.7 cm³/mol. The maximum absolute atomic E-state index is 12.9. The van der Waals surface area contributed by atoms with Crippen molar-refractivity contribution < 1.29 is 19.0 Å². The van der Waals surface area contributed by atoms with Crippen molar-refractivity contribution in [3.63, 3.8) is 0 Å². The van der Waals surface area contributed by atoms with E-state index in [4.69, 9.17) is 14.2 Å². The third kappa shape index (κ3) is 3.00. The van der Waals surface area contributed by atoms with Crippen LogP contribution in [0.5, 0.6) is 11.5 Å². The first-order valence-electron chi connectivity index (χ1n) is 7.41. The van der Waals surface area contributed by atoms with Gasteiger partial charge in [-0.3, -0.25) is 4.79 Å². The minimum absolute atomic E-state index is 0.110. The molecule has 1 amide bonds. The van der Waals surface area contributed by atoms with Gasteiger partial charge in [-0.15, -0.1) is 0 Å². The fourth-order valence-electron chi connectivity index (χ4n) is 2.72. The number of amides is 1. The van der Waals surface area contributed by atoms with Gasteiger partial charge in [-0.2, -0.15) is 0 Å². The Kier molecular flexibility index (Phi) is 4.48. The van der Waals surface area contributed by atoms with Crippen molar-refractivity contribution in [1.29, 1.82) is 0 Å². The Morgan fingerprint density at radius 1 is 1.04 bits per heavy atom. The largest absolute Gasteiger partial charge is 0.496 e. The second kappa shape index (κ2) is 6.71. The van der Waals surface area contributed by atoms with E-state index in [-0.39, 0.29) is 18.7 Å². The van der Waals surface area contributed by atoms with Gasteiger partial charge in [0.2, 0.25) is 0 Å². The van der Waals surface area contributed by atoms with Crippen molar-refractivity contribution in [2.24, 2.45) is 0 Å². The van der Waals surface area contributed by atoms with E-state index in [0.717, 1.165) is 5.56 Å². The number of rotatable bonds is 4. The lowest BCUT2D eigenvalue weighted by Gasteiger charge is -2.18. The predicted octanol–water partition coefficient (Wildman–Crippen LogP) is 2.88. The molecule has 0 aliphatic carbocycles. The molecule has 0 aromatic heterocycles. The van der Waals surface area contributed by atoms with Gasteiger partial charge in [0, 0.05) is 0 Å². The van der Waals surface area contributed by atoms with Crippen molar-refractivity contribution >= 4 is 5.91 Å². The molecule has 0 bridgehead atoms. The van der Waals surface area contributed by atoms with Gasteiger partial charge in [0.15, 0.2) is 0 Å². The molecule has 2 aromatic carbocycles. The van der Waals surface area contributed by atoms with Crippen molar-refractivity contribution in [2.45, 2.75) is 6.10 Å². The summed E-state index contributed by atoms with van der Waals surface area (Å²) in [5.41, 5.74) is 1.49. The molecule has 23 heavy (non-hydrogen) atoms. The molecule has 1 aliphatic rings. The average molecular weight is 313 g/mol. The first kappa shape index (κ1) is 15.4. The van der Waals surface area contributed by atoms with Crippen molar-refractivity contribution in [2.75, 3.05) is 27.5 Å². The Balaban J connectivity index is 1.83. The summed E-state index contributed by atoms with van der Waals surface area (Å²) in [5, 5.41) is 0. The summed E-state index contributed by atoms with van der Waals surface area (Å²) in [5.74, 6) is 0.841. The maximum Gasteiger partial charge on any atom is 0.263 e. The molecular formula is C18H19NO4. The van der Waals surface area contributed by atoms with E-state index in [1.807, 2.05) is 30.3 Å². The zero-order valence-corrected chi connectivity index (χ0v) is 13.2. The molecule has 0 saturated carbocycles.